The Labute approximate surface area is 120 Å². The molecule has 0 unspecified atom stereocenters. The summed E-state index contributed by atoms with van der Waals surface area (Å²) in [4.78, 5) is 5.12. The fraction of sp³-hybridized carbons (Fsp3) is 0.200. The fourth-order valence-electron chi connectivity index (χ4n) is 1.92. The molecular formula is C15H12F3N3. The van der Waals surface area contributed by atoms with Crippen molar-refractivity contribution in [3.63, 3.8) is 0 Å². The molecule has 0 saturated heterocycles. The topological polar surface area (TPSA) is 39.9 Å². The number of nitrogens with zero attached hydrogens (tertiary/aromatic N) is 3. The quantitative estimate of drug-likeness (QED) is 0.867. The van der Waals surface area contributed by atoms with Gasteiger partial charge < -0.3 is 4.90 Å². The van der Waals surface area contributed by atoms with Crippen LogP contribution >= 0.6 is 0 Å². The highest BCUT2D eigenvalue weighted by molar-refractivity contribution is 5.54. The molecule has 0 N–H and O–H groups in total. The second kappa shape index (κ2) is 5.83. The normalized spacial score (nSPS) is 11.0. The van der Waals surface area contributed by atoms with Crippen molar-refractivity contribution >= 4 is 5.82 Å². The molecule has 0 atom stereocenters. The molecule has 0 bridgehead atoms. The zero-order valence-electron chi connectivity index (χ0n) is 11.2. The van der Waals surface area contributed by atoms with Gasteiger partial charge in [-0.1, -0.05) is 30.3 Å². The first-order chi connectivity index (χ1) is 9.91. The third-order valence-corrected chi connectivity index (χ3v) is 2.91. The predicted molar refractivity (Wildman–Crippen MR) is 72.5 cm³/mol. The molecule has 1 aromatic carbocycles. The first-order valence-corrected chi connectivity index (χ1v) is 6.15. The smallest absolute Gasteiger partial charge is 0.354 e. The van der Waals surface area contributed by atoms with Crippen LogP contribution in [-0.2, 0) is 12.7 Å². The number of benzene rings is 1. The van der Waals surface area contributed by atoms with Crippen LogP contribution in [0.1, 0.15) is 16.8 Å². The van der Waals surface area contributed by atoms with Gasteiger partial charge >= 0.3 is 6.18 Å². The van der Waals surface area contributed by atoms with Crippen LogP contribution in [0.5, 0.6) is 0 Å². The lowest BCUT2D eigenvalue weighted by Crippen LogP contribution is -2.21. The van der Waals surface area contributed by atoms with Crippen molar-refractivity contribution in [2.24, 2.45) is 0 Å². The van der Waals surface area contributed by atoms with E-state index in [2.05, 4.69) is 4.98 Å². The van der Waals surface area contributed by atoms with Crippen molar-refractivity contribution in [2.45, 2.75) is 12.7 Å². The number of aromatic nitrogens is 1. The highest BCUT2D eigenvalue weighted by atomic mass is 19.4. The van der Waals surface area contributed by atoms with Gasteiger partial charge in [0, 0.05) is 13.6 Å². The molecular weight excluding hydrogens is 279 g/mol. The summed E-state index contributed by atoms with van der Waals surface area (Å²) in [6.45, 7) is 0.365. The molecule has 108 valence electrons. The number of rotatable bonds is 3. The van der Waals surface area contributed by atoms with Crippen molar-refractivity contribution in [3.05, 3.63) is 59.3 Å². The zero-order valence-corrected chi connectivity index (χ0v) is 11.2. The molecule has 1 aromatic heterocycles. The minimum Gasteiger partial charge on any atom is -0.354 e. The molecule has 1 heterocycles. The maximum absolute atomic E-state index is 12.7. The van der Waals surface area contributed by atoms with Gasteiger partial charge in [-0.25, -0.2) is 4.98 Å². The monoisotopic (exact) mass is 291 g/mol. The number of hydrogen-bond acceptors (Lipinski definition) is 3. The maximum Gasteiger partial charge on any atom is 0.433 e. The molecule has 0 aliphatic carbocycles. The summed E-state index contributed by atoms with van der Waals surface area (Å²) in [5.74, 6) is 0.0242. The Hall–Kier alpha value is -2.55. The van der Waals surface area contributed by atoms with Gasteiger partial charge in [-0.05, 0) is 17.7 Å². The van der Waals surface area contributed by atoms with Crippen molar-refractivity contribution < 1.29 is 13.2 Å². The summed E-state index contributed by atoms with van der Waals surface area (Å²) in [5, 5.41) is 9.03. The molecule has 0 aliphatic heterocycles. The molecule has 3 nitrogen and oxygen atoms in total. The van der Waals surface area contributed by atoms with Crippen molar-refractivity contribution in [1.29, 1.82) is 5.26 Å². The molecule has 0 aliphatic rings. The third-order valence-electron chi connectivity index (χ3n) is 2.91. The SMILES string of the molecule is CN(Cc1ccccc1)c1nc(C(F)(F)F)ccc1C#N. The number of halogens is 3. The molecule has 2 aromatic rings. The van der Waals surface area contributed by atoms with Gasteiger partial charge in [-0.15, -0.1) is 0 Å². The van der Waals surface area contributed by atoms with Gasteiger partial charge in [-0.2, -0.15) is 18.4 Å². The summed E-state index contributed by atoms with van der Waals surface area (Å²) < 4.78 is 38.2. The lowest BCUT2D eigenvalue weighted by atomic mass is 10.2. The first-order valence-electron chi connectivity index (χ1n) is 6.15. The van der Waals surface area contributed by atoms with Crippen LogP contribution < -0.4 is 4.90 Å². The van der Waals surface area contributed by atoms with E-state index >= 15 is 0 Å². The molecule has 6 heteroatoms. The number of nitriles is 1. The summed E-state index contributed by atoms with van der Waals surface area (Å²) in [6, 6.07) is 13.1. The van der Waals surface area contributed by atoms with Gasteiger partial charge in [0.05, 0.1) is 5.56 Å². The van der Waals surface area contributed by atoms with Gasteiger partial charge in [0.15, 0.2) is 0 Å². The lowest BCUT2D eigenvalue weighted by Gasteiger charge is -2.20. The van der Waals surface area contributed by atoms with Crippen LogP contribution in [0.2, 0.25) is 0 Å². The van der Waals surface area contributed by atoms with Gasteiger partial charge in [0.25, 0.3) is 0 Å². The standard InChI is InChI=1S/C15H12F3N3/c1-21(10-11-5-3-2-4-6-11)14-12(9-19)7-8-13(20-14)15(16,17)18/h2-8H,10H2,1H3. The fourth-order valence-corrected chi connectivity index (χ4v) is 1.92. The lowest BCUT2D eigenvalue weighted by molar-refractivity contribution is -0.141. The van der Waals surface area contributed by atoms with E-state index in [4.69, 9.17) is 5.26 Å². The predicted octanol–water partition coefficient (Wildman–Crippen LogP) is 3.61. The van der Waals surface area contributed by atoms with E-state index in [0.717, 1.165) is 17.7 Å². The van der Waals surface area contributed by atoms with E-state index in [-0.39, 0.29) is 11.4 Å². The van der Waals surface area contributed by atoms with Crippen molar-refractivity contribution in [2.75, 3.05) is 11.9 Å². The number of anilines is 1. The highest BCUT2D eigenvalue weighted by Crippen LogP contribution is 2.30. The summed E-state index contributed by atoms with van der Waals surface area (Å²) in [5.41, 5.74) is 0.0287. The van der Waals surface area contributed by atoms with Crippen molar-refractivity contribution in [1.82, 2.24) is 4.98 Å². The summed E-state index contributed by atoms with van der Waals surface area (Å²) in [6.07, 6.45) is -4.53. The molecule has 21 heavy (non-hydrogen) atoms. The van der Waals surface area contributed by atoms with Crippen LogP contribution in [0.3, 0.4) is 0 Å². The minimum absolute atomic E-state index is 0.0242. The number of hydrogen-bond donors (Lipinski definition) is 0. The Morgan fingerprint density at radius 3 is 2.38 bits per heavy atom. The van der Waals surface area contributed by atoms with Crippen LogP contribution in [-0.4, -0.2) is 12.0 Å². The Kier molecular flexibility index (Phi) is 4.13. The van der Waals surface area contributed by atoms with E-state index in [0.29, 0.717) is 6.54 Å². The molecule has 0 radical (unpaired) electrons. The molecule has 0 fully saturated rings. The number of pyridine rings is 1. The second-order valence-electron chi connectivity index (χ2n) is 4.52. The number of alkyl halides is 3. The van der Waals surface area contributed by atoms with Crippen LogP contribution in [0.4, 0.5) is 19.0 Å². The Morgan fingerprint density at radius 2 is 1.81 bits per heavy atom. The van der Waals surface area contributed by atoms with Crippen LogP contribution in [0.15, 0.2) is 42.5 Å². The largest absolute Gasteiger partial charge is 0.433 e. The van der Waals surface area contributed by atoms with E-state index < -0.39 is 11.9 Å². The van der Waals surface area contributed by atoms with E-state index in [1.54, 1.807) is 7.05 Å². The van der Waals surface area contributed by atoms with Gasteiger partial charge in [0.2, 0.25) is 0 Å². The Morgan fingerprint density at radius 1 is 1.14 bits per heavy atom. The Bertz CT molecular complexity index is 660. The third kappa shape index (κ3) is 3.51. The summed E-state index contributed by atoms with van der Waals surface area (Å²) in [7, 11) is 1.61. The van der Waals surface area contributed by atoms with Gasteiger partial charge in [0.1, 0.15) is 17.6 Å². The molecule has 0 saturated carbocycles. The van der Waals surface area contributed by atoms with Crippen LogP contribution in [0, 0.1) is 11.3 Å². The minimum atomic E-state index is -4.53. The maximum atomic E-state index is 12.7. The average molecular weight is 291 g/mol. The molecule has 0 spiro atoms. The average Bonchev–Trinajstić information content (AvgIpc) is 2.46. The van der Waals surface area contributed by atoms with E-state index in [9.17, 15) is 13.2 Å². The molecule has 2 rings (SSSR count). The van der Waals surface area contributed by atoms with Crippen molar-refractivity contribution in [3.8, 4) is 6.07 Å². The highest BCUT2D eigenvalue weighted by Gasteiger charge is 2.33. The van der Waals surface area contributed by atoms with Crippen LogP contribution in [0.25, 0.3) is 0 Å². The van der Waals surface area contributed by atoms with E-state index in [1.165, 1.54) is 4.90 Å². The Balaban J connectivity index is 2.35. The summed E-state index contributed by atoms with van der Waals surface area (Å²) >= 11 is 0. The van der Waals surface area contributed by atoms with Gasteiger partial charge in [-0.3, -0.25) is 0 Å². The first kappa shape index (κ1) is 14.9. The zero-order chi connectivity index (χ0) is 15.5. The second-order valence-corrected chi connectivity index (χ2v) is 4.52. The molecule has 0 amide bonds. The van der Waals surface area contributed by atoms with E-state index in [1.807, 2.05) is 36.4 Å².